The Morgan fingerprint density at radius 3 is 2.02 bits per heavy atom. The van der Waals surface area contributed by atoms with Crippen molar-refractivity contribution in [1.29, 1.82) is 5.41 Å². The Hall–Kier alpha value is -3.48. The Kier molecular flexibility index (Phi) is 17.2. The van der Waals surface area contributed by atoms with E-state index in [1.165, 1.54) is 19.1 Å². The van der Waals surface area contributed by atoms with E-state index >= 15 is 0 Å². The quantitative estimate of drug-likeness (QED) is 0.0668. The summed E-state index contributed by atoms with van der Waals surface area (Å²) in [7, 11) is 0. The number of carbonyl (C=O) groups excluding carboxylic acids is 4. The molecule has 2 rings (SSSR count). The van der Waals surface area contributed by atoms with Gasteiger partial charge < -0.3 is 60.7 Å². The normalized spacial score (nSPS) is 13.0. The summed E-state index contributed by atoms with van der Waals surface area (Å²) < 4.78 is 0. The van der Waals surface area contributed by atoms with Crippen molar-refractivity contribution in [3.63, 3.8) is 0 Å². The van der Waals surface area contributed by atoms with Crippen molar-refractivity contribution in [2.45, 2.75) is 43.9 Å². The molecule has 15 heteroatoms. The van der Waals surface area contributed by atoms with Crippen molar-refractivity contribution in [2.24, 2.45) is 5.73 Å². The van der Waals surface area contributed by atoms with Gasteiger partial charge in [0, 0.05) is 32.9 Å². The maximum absolute atomic E-state index is 12.8. The Labute approximate surface area is 256 Å². The van der Waals surface area contributed by atoms with Crippen LogP contribution < -0.4 is 37.2 Å². The molecule has 2 aromatic rings. The minimum Gasteiger partial charge on any atom is -2.00 e. The first-order chi connectivity index (χ1) is 18.5. The van der Waals surface area contributed by atoms with E-state index in [0.717, 1.165) is 5.56 Å². The van der Waals surface area contributed by atoms with Gasteiger partial charge in [-0.2, -0.15) is 5.75 Å². The SMILES string of the molecule is C[C@H](NC(=O)[C@@H](N)Cc1ccc([O-])cc1)C(=O)NCC(=O)N[C@@H](Cc1ccccc1)C(=O)N[C@@H](C[S-])C(=N)[O-].[O-2].[Re]. The van der Waals surface area contributed by atoms with Gasteiger partial charge in [0.2, 0.25) is 23.6 Å². The molecule has 0 aliphatic carbocycles. The second-order valence-corrected chi connectivity index (χ2v) is 9.14. The monoisotopic (exact) mass is 758 g/mol. The van der Waals surface area contributed by atoms with Crippen LogP contribution in [0.15, 0.2) is 54.6 Å². The fraction of sp³-hybridized carbons (Fsp3) is 0.346. The molecule has 4 amide bonds. The average molecular weight is 758 g/mol. The number of nitrogens with one attached hydrogen (secondary N) is 5. The van der Waals surface area contributed by atoms with Gasteiger partial charge in [-0.05, 0) is 30.4 Å². The van der Waals surface area contributed by atoms with Crippen LogP contribution >= 0.6 is 0 Å². The molecule has 0 fully saturated rings. The van der Waals surface area contributed by atoms with Crippen LogP contribution in [0.25, 0.3) is 0 Å². The standard InChI is InChI=1S/C26H34N6O6S.O.Re/c1-15(30-25(37)19(27)11-17-7-9-18(33)10-8-17)24(36)29-13-22(34)31-20(12-16-5-3-2-4-6-16)26(38)32-21(14-39)23(28)35;;/h2-10,15,19-21,33,39H,11-14,27H2,1H3,(H2,28,35)(H,29,36)(H,30,37)(H,31,34)(H,32,38);;/q;-2;/p-3/t15-,19-,20-,21-;;/m0../s1. The molecule has 0 bridgehead atoms. The number of nitrogens with two attached hydrogens (primary N) is 1. The van der Waals surface area contributed by atoms with E-state index in [1.807, 2.05) is 0 Å². The number of carbonyl (C=O) groups is 4. The van der Waals surface area contributed by atoms with Crippen LogP contribution in [0.1, 0.15) is 18.1 Å². The van der Waals surface area contributed by atoms with Gasteiger partial charge in [-0.1, -0.05) is 54.6 Å². The topological polar surface area (TPSA) is 241 Å². The molecule has 7 N–H and O–H groups in total. The summed E-state index contributed by atoms with van der Waals surface area (Å²) in [5.74, 6) is -4.05. The van der Waals surface area contributed by atoms with Gasteiger partial charge in [0.05, 0.1) is 12.6 Å². The van der Waals surface area contributed by atoms with Gasteiger partial charge in [0.15, 0.2) is 0 Å². The largest absolute Gasteiger partial charge is 2.00 e. The van der Waals surface area contributed by atoms with Gasteiger partial charge in [0.25, 0.3) is 0 Å². The molecule has 0 aromatic heterocycles. The first kappa shape index (κ1) is 37.5. The molecule has 0 saturated heterocycles. The van der Waals surface area contributed by atoms with Crippen LogP contribution in [0.4, 0.5) is 0 Å². The summed E-state index contributed by atoms with van der Waals surface area (Å²) in [6, 6.07) is 10.4. The summed E-state index contributed by atoms with van der Waals surface area (Å²) >= 11 is 4.81. The number of hydrogen-bond acceptors (Lipinski definition) is 9. The minimum atomic E-state index is -1.19. The predicted octanol–water partition coefficient (Wildman–Crippen LogP) is -2.77. The zero-order valence-electron chi connectivity index (χ0n) is 22.1. The van der Waals surface area contributed by atoms with Gasteiger partial charge in [-0.25, -0.2) is 0 Å². The molecule has 4 atom stereocenters. The number of hydrogen-bond donors (Lipinski definition) is 6. The van der Waals surface area contributed by atoms with E-state index in [9.17, 15) is 29.4 Å². The Morgan fingerprint density at radius 1 is 0.878 bits per heavy atom. The second-order valence-electron chi connectivity index (χ2n) is 8.80. The summed E-state index contributed by atoms with van der Waals surface area (Å²) in [5.41, 5.74) is 7.32. The third kappa shape index (κ3) is 13.2. The van der Waals surface area contributed by atoms with Crippen molar-refractivity contribution >= 4 is 42.2 Å². The van der Waals surface area contributed by atoms with E-state index in [1.54, 1.807) is 42.5 Å². The van der Waals surface area contributed by atoms with Crippen LogP contribution in [-0.2, 0) is 70.5 Å². The molecular weight excluding hydrogens is 727 g/mol. The van der Waals surface area contributed by atoms with Gasteiger partial charge in [0.1, 0.15) is 12.1 Å². The Balaban J connectivity index is 0.00000800. The Morgan fingerprint density at radius 2 is 1.46 bits per heavy atom. The van der Waals surface area contributed by atoms with E-state index in [0.29, 0.717) is 5.56 Å². The van der Waals surface area contributed by atoms with Gasteiger partial charge in [-0.15, -0.1) is 5.75 Å². The zero-order valence-corrected chi connectivity index (χ0v) is 25.6. The first-order valence-corrected chi connectivity index (χ1v) is 12.6. The van der Waals surface area contributed by atoms with Crippen LogP contribution in [0.3, 0.4) is 0 Å². The summed E-state index contributed by atoms with van der Waals surface area (Å²) in [6.07, 6.45) is 0.246. The minimum absolute atomic E-state index is 0. The summed E-state index contributed by atoms with van der Waals surface area (Å²) in [6.45, 7) is 0.926. The van der Waals surface area contributed by atoms with Crippen molar-refractivity contribution in [3.05, 3.63) is 65.7 Å². The fourth-order valence-electron chi connectivity index (χ4n) is 3.44. The van der Waals surface area contributed by atoms with E-state index in [2.05, 4.69) is 21.3 Å². The first-order valence-electron chi connectivity index (χ1n) is 12.1. The molecule has 13 nitrogen and oxygen atoms in total. The van der Waals surface area contributed by atoms with E-state index in [-0.39, 0.29) is 50.2 Å². The molecule has 2 aromatic carbocycles. The number of benzene rings is 2. The zero-order chi connectivity index (χ0) is 28.9. The van der Waals surface area contributed by atoms with E-state index < -0.39 is 60.2 Å². The maximum Gasteiger partial charge on any atom is 0.243 e. The van der Waals surface area contributed by atoms with E-state index in [4.69, 9.17) is 23.8 Å². The second kappa shape index (κ2) is 18.8. The van der Waals surface area contributed by atoms with Crippen LogP contribution in [0, 0.1) is 5.41 Å². The molecule has 0 saturated carbocycles. The van der Waals surface area contributed by atoms with Gasteiger partial charge >= 0.3 is 0 Å². The third-order valence-corrected chi connectivity index (χ3v) is 5.96. The molecule has 0 heterocycles. The van der Waals surface area contributed by atoms with Crippen LogP contribution in [0.2, 0.25) is 0 Å². The molecule has 0 spiro atoms. The molecule has 0 unspecified atom stereocenters. The van der Waals surface area contributed by atoms with Crippen molar-refractivity contribution < 1.29 is 55.3 Å². The molecule has 0 aliphatic rings. The van der Waals surface area contributed by atoms with Crippen LogP contribution in [-0.4, -0.2) is 66.0 Å². The molecule has 1 radical (unpaired) electrons. The number of amides is 4. The van der Waals surface area contributed by atoms with Crippen molar-refractivity contribution in [2.75, 3.05) is 12.3 Å². The fourth-order valence-corrected chi connectivity index (χ4v) is 3.67. The number of rotatable bonds is 14. The van der Waals surface area contributed by atoms with Crippen molar-refractivity contribution in [3.8, 4) is 5.75 Å². The molecule has 41 heavy (non-hydrogen) atoms. The summed E-state index contributed by atoms with van der Waals surface area (Å²) in [4.78, 5) is 50.1. The van der Waals surface area contributed by atoms with Crippen molar-refractivity contribution in [1.82, 2.24) is 21.3 Å². The third-order valence-electron chi connectivity index (χ3n) is 5.62. The molecule has 225 valence electrons. The molecular formula is C26H31N6O7ReS-5. The Bertz CT molecular complexity index is 1160. The smallest absolute Gasteiger partial charge is 0.243 e. The average Bonchev–Trinajstić information content (AvgIpc) is 2.91. The molecule has 0 aliphatic heterocycles. The summed E-state index contributed by atoms with van der Waals surface area (Å²) in [5, 5.41) is 39.5. The van der Waals surface area contributed by atoms with Crippen LogP contribution in [0.5, 0.6) is 5.75 Å². The van der Waals surface area contributed by atoms with Gasteiger partial charge in [-0.3, -0.25) is 19.2 Å². The maximum atomic E-state index is 12.8. The predicted molar refractivity (Wildman–Crippen MR) is 143 cm³/mol.